The van der Waals surface area contributed by atoms with E-state index >= 15 is 0 Å². The molecule has 0 fully saturated rings. The summed E-state index contributed by atoms with van der Waals surface area (Å²) in [5.74, 6) is -0.892. The second-order valence-corrected chi connectivity index (χ2v) is 20.3. The summed E-state index contributed by atoms with van der Waals surface area (Å²) in [5, 5.41) is 0. The third kappa shape index (κ3) is 56.0. The monoisotopic (exact) mass is 979 g/mol. The fraction of sp³-hybridized carbons (Fsp3) is 0.797. The van der Waals surface area contributed by atoms with Crippen LogP contribution in [0.4, 0.5) is 0 Å². The molecule has 0 aromatic heterocycles. The smallest absolute Gasteiger partial charge is 0.306 e. The van der Waals surface area contributed by atoms with Crippen molar-refractivity contribution in [2.45, 2.75) is 316 Å². The Morgan fingerprint density at radius 2 is 0.514 bits per heavy atom. The Labute approximate surface area is 434 Å². The van der Waals surface area contributed by atoms with Crippen molar-refractivity contribution >= 4 is 17.9 Å². The molecule has 0 aromatic carbocycles. The van der Waals surface area contributed by atoms with Crippen LogP contribution in [0.2, 0.25) is 0 Å². The Bertz CT molecular complexity index is 1260. The number of allylic oxidation sites excluding steroid dienone is 10. The van der Waals surface area contributed by atoms with Gasteiger partial charge in [0.1, 0.15) is 13.2 Å². The van der Waals surface area contributed by atoms with Crippen molar-refractivity contribution in [2.75, 3.05) is 13.2 Å². The van der Waals surface area contributed by atoms with Crippen molar-refractivity contribution in [1.29, 1.82) is 0 Å². The molecule has 0 saturated heterocycles. The number of carbonyl (C=O) groups excluding carboxylic acids is 3. The van der Waals surface area contributed by atoms with E-state index in [0.717, 1.165) is 77.0 Å². The second kappa shape index (κ2) is 58.7. The number of hydrogen-bond donors (Lipinski definition) is 0. The Balaban J connectivity index is 4.38. The summed E-state index contributed by atoms with van der Waals surface area (Å²) in [5.41, 5.74) is 0. The van der Waals surface area contributed by atoms with Gasteiger partial charge < -0.3 is 14.2 Å². The van der Waals surface area contributed by atoms with Gasteiger partial charge in [0, 0.05) is 19.3 Å². The number of ether oxygens (including phenoxy) is 3. The topological polar surface area (TPSA) is 78.9 Å². The summed E-state index contributed by atoms with van der Waals surface area (Å²) in [6, 6.07) is 0. The molecule has 1 atom stereocenters. The van der Waals surface area contributed by atoms with Crippen LogP contribution in [0.3, 0.4) is 0 Å². The van der Waals surface area contributed by atoms with Gasteiger partial charge in [-0.05, 0) is 96.3 Å². The first-order valence-electron chi connectivity index (χ1n) is 30.3. The van der Waals surface area contributed by atoms with Gasteiger partial charge >= 0.3 is 17.9 Å². The lowest BCUT2D eigenvalue weighted by Gasteiger charge is -2.18. The molecule has 0 aliphatic heterocycles. The Kier molecular flexibility index (Phi) is 56.3. The maximum atomic E-state index is 12.9. The minimum atomic E-state index is -0.785. The SMILES string of the molecule is CCCCC/C=C\C=C/CCCCCCCCCCCCC(=O)OCC(COC(=O)CCCCCCCC/C=C\C=C/CCCCC)OC(=O)CCCCCCC/C=C\CCCCCCCCCCC. The first-order valence-corrected chi connectivity index (χ1v) is 30.3. The van der Waals surface area contributed by atoms with E-state index in [2.05, 4.69) is 81.5 Å². The van der Waals surface area contributed by atoms with E-state index in [1.54, 1.807) is 0 Å². The summed E-state index contributed by atoms with van der Waals surface area (Å²) in [7, 11) is 0. The zero-order valence-electron chi connectivity index (χ0n) is 46.5. The summed E-state index contributed by atoms with van der Waals surface area (Å²) in [6.07, 6.45) is 73.5. The highest BCUT2D eigenvalue weighted by Gasteiger charge is 2.19. The van der Waals surface area contributed by atoms with Crippen molar-refractivity contribution in [3.63, 3.8) is 0 Å². The summed E-state index contributed by atoms with van der Waals surface area (Å²) < 4.78 is 16.9. The maximum absolute atomic E-state index is 12.9. The second-order valence-electron chi connectivity index (χ2n) is 20.3. The molecule has 1 unspecified atom stereocenters. The first kappa shape index (κ1) is 67.1. The van der Waals surface area contributed by atoms with Crippen molar-refractivity contribution in [3.05, 3.63) is 60.8 Å². The Hall–Kier alpha value is -2.89. The van der Waals surface area contributed by atoms with Gasteiger partial charge in [0.25, 0.3) is 0 Å². The van der Waals surface area contributed by atoms with Gasteiger partial charge in [-0.2, -0.15) is 0 Å². The highest BCUT2D eigenvalue weighted by atomic mass is 16.6. The quantitative estimate of drug-likeness (QED) is 0.0199. The molecule has 406 valence electrons. The van der Waals surface area contributed by atoms with Crippen LogP contribution < -0.4 is 0 Å². The number of unbranched alkanes of at least 4 members (excludes halogenated alkanes) is 36. The third-order valence-corrected chi connectivity index (χ3v) is 13.3. The summed E-state index contributed by atoms with van der Waals surface area (Å²) in [4.78, 5) is 38.2. The van der Waals surface area contributed by atoms with Gasteiger partial charge in [-0.25, -0.2) is 0 Å². The lowest BCUT2D eigenvalue weighted by molar-refractivity contribution is -0.167. The predicted molar refractivity (Wildman–Crippen MR) is 302 cm³/mol. The average molecular weight is 980 g/mol. The Morgan fingerprint density at radius 3 is 0.829 bits per heavy atom. The van der Waals surface area contributed by atoms with Gasteiger partial charge in [0.2, 0.25) is 0 Å². The Morgan fingerprint density at radius 1 is 0.286 bits per heavy atom. The van der Waals surface area contributed by atoms with Crippen LogP contribution in [0.1, 0.15) is 310 Å². The van der Waals surface area contributed by atoms with Gasteiger partial charge in [-0.1, -0.05) is 255 Å². The molecule has 0 spiro atoms. The van der Waals surface area contributed by atoms with Gasteiger partial charge in [-0.15, -0.1) is 0 Å². The molecule has 0 saturated carbocycles. The number of rotatable bonds is 55. The molecule has 70 heavy (non-hydrogen) atoms. The van der Waals surface area contributed by atoms with Crippen molar-refractivity contribution in [1.82, 2.24) is 0 Å². The minimum Gasteiger partial charge on any atom is -0.462 e. The lowest BCUT2D eigenvalue weighted by atomic mass is 10.1. The zero-order valence-corrected chi connectivity index (χ0v) is 46.5. The van der Waals surface area contributed by atoms with Crippen molar-refractivity contribution in [3.8, 4) is 0 Å². The van der Waals surface area contributed by atoms with Gasteiger partial charge in [0.05, 0.1) is 0 Å². The molecule has 6 nitrogen and oxygen atoms in total. The fourth-order valence-electron chi connectivity index (χ4n) is 8.66. The highest BCUT2D eigenvalue weighted by Crippen LogP contribution is 2.16. The predicted octanol–water partition coefficient (Wildman–Crippen LogP) is 20.4. The lowest BCUT2D eigenvalue weighted by Crippen LogP contribution is -2.30. The fourth-order valence-corrected chi connectivity index (χ4v) is 8.66. The van der Waals surface area contributed by atoms with E-state index in [4.69, 9.17) is 14.2 Å². The molecular weight excluding hydrogens is 865 g/mol. The van der Waals surface area contributed by atoms with E-state index in [0.29, 0.717) is 19.3 Å². The van der Waals surface area contributed by atoms with Crippen molar-refractivity contribution < 1.29 is 28.6 Å². The van der Waals surface area contributed by atoms with Crippen molar-refractivity contribution in [2.24, 2.45) is 0 Å². The normalized spacial score (nSPS) is 12.4. The molecular formula is C64H114O6. The average Bonchev–Trinajstić information content (AvgIpc) is 3.36. The van der Waals surface area contributed by atoms with E-state index in [1.807, 2.05) is 0 Å². The molecule has 0 amide bonds. The molecule has 0 heterocycles. The van der Waals surface area contributed by atoms with Crippen LogP contribution in [0.25, 0.3) is 0 Å². The largest absolute Gasteiger partial charge is 0.462 e. The van der Waals surface area contributed by atoms with Gasteiger partial charge in [-0.3, -0.25) is 14.4 Å². The van der Waals surface area contributed by atoms with Crippen LogP contribution in [-0.4, -0.2) is 37.2 Å². The zero-order chi connectivity index (χ0) is 50.7. The number of carbonyl (C=O) groups is 3. The molecule has 0 aromatic rings. The van der Waals surface area contributed by atoms with Crippen LogP contribution in [0, 0.1) is 0 Å². The molecule has 0 radical (unpaired) electrons. The standard InChI is InChI=1S/C64H114O6/c1-4-7-10-13-16-19-22-25-28-30-32-34-36-39-42-45-48-51-54-57-63(66)69-60-61(59-68-62(65)56-53-50-47-44-41-38-35-27-24-21-18-15-12-9-6-3)70-64(67)58-55-52-49-46-43-40-37-33-31-29-26-23-20-17-14-11-8-5-2/h16,18-19,21-22,24-25,27,33,37,61H,4-15,17,20,23,26,28-32,34-36,38-60H2,1-3H3/b19-16-,21-18-,25-22-,27-24-,37-33-. The maximum Gasteiger partial charge on any atom is 0.306 e. The molecule has 0 bridgehead atoms. The number of hydrogen-bond acceptors (Lipinski definition) is 6. The van der Waals surface area contributed by atoms with Crippen LogP contribution in [0.5, 0.6) is 0 Å². The molecule has 0 rings (SSSR count). The first-order chi connectivity index (χ1) is 34.5. The molecule has 6 heteroatoms. The highest BCUT2D eigenvalue weighted by molar-refractivity contribution is 5.71. The summed E-state index contributed by atoms with van der Waals surface area (Å²) >= 11 is 0. The molecule has 0 aliphatic carbocycles. The summed E-state index contributed by atoms with van der Waals surface area (Å²) in [6.45, 7) is 6.60. The van der Waals surface area contributed by atoms with Gasteiger partial charge in [0.15, 0.2) is 6.10 Å². The van der Waals surface area contributed by atoms with Crippen LogP contribution >= 0.6 is 0 Å². The number of esters is 3. The van der Waals surface area contributed by atoms with E-state index in [9.17, 15) is 14.4 Å². The van der Waals surface area contributed by atoms with E-state index in [-0.39, 0.29) is 31.1 Å². The van der Waals surface area contributed by atoms with Crippen LogP contribution in [0.15, 0.2) is 60.8 Å². The molecule has 0 N–H and O–H groups in total. The van der Waals surface area contributed by atoms with E-state index in [1.165, 1.54) is 193 Å². The minimum absolute atomic E-state index is 0.0820. The van der Waals surface area contributed by atoms with E-state index < -0.39 is 6.10 Å². The third-order valence-electron chi connectivity index (χ3n) is 13.3. The van der Waals surface area contributed by atoms with Crippen LogP contribution in [-0.2, 0) is 28.6 Å². The molecule has 0 aliphatic rings.